The Kier molecular flexibility index (Phi) is 4.57. The van der Waals surface area contributed by atoms with E-state index in [9.17, 15) is 14.7 Å². The second kappa shape index (κ2) is 6.38. The van der Waals surface area contributed by atoms with Gasteiger partial charge in [-0.2, -0.15) is 0 Å². The van der Waals surface area contributed by atoms with Gasteiger partial charge in [0.05, 0.1) is 6.10 Å². The van der Waals surface area contributed by atoms with Crippen LogP contribution in [-0.4, -0.2) is 29.6 Å². The maximum absolute atomic E-state index is 11.8. The summed E-state index contributed by atoms with van der Waals surface area (Å²) < 4.78 is 0. The van der Waals surface area contributed by atoms with Gasteiger partial charge in [-0.25, -0.2) is 4.79 Å². The zero-order valence-corrected chi connectivity index (χ0v) is 11.3. The minimum atomic E-state index is -0.594. The van der Waals surface area contributed by atoms with Gasteiger partial charge in [0.15, 0.2) is 0 Å². The highest BCUT2D eigenvalue weighted by Crippen LogP contribution is 2.17. The van der Waals surface area contributed by atoms with E-state index in [-0.39, 0.29) is 5.91 Å². The van der Waals surface area contributed by atoms with Crippen LogP contribution in [0.1, 0.15) is 31.4 Å². The van der Waals surface area contributed by atoms with Crippen molar-refractivity contribution in [3.05, 3.63) is 29.8 Å². The van der Waals surface area contributed by atoms with Gasteiger partial charge in [-0.1, -0.05) is 12.1 Å². The summed E-state index contributed by atoms with van der Waals surface area (Å²) in [5, 5.41) is 17.5. The van der Waals surface area contributed by atoms with E-state index in [0.717, 1.165) is 12.0 Å². The molecule has 108 valence electrons. The van der Waals surface area contributed by atoms with Gasteiger partial charge >= 0.3 is 6.03 Å². The molecule has 1 aliphatic heterocycles. The molecule has 1 fully saturated rings. The molecule has 1 aromatic carbocycles. The second-order valence-corrected chi connectivity index (χ2v) is 4.89. The first-order valence-electron chi connectivity index (χ1n) is 6.69. The molecule has 1 aliphatic rings. The molecular weight excluding hydrogens is 258 g/mol. The van der Waals surface area contributed by atoms with Crippen LogP contribution in [0.25, 0.3) is 0 Å². The summed E-state index contributed by atoms with van der Waals surface area (Å²) in [5.41, 5.74) is 1.30. The van der Waals surface area contributed by atoms with Crippen LogP contribution in [0.4, 0.5) is 10.5 Å². The van der Waals surface area contributed by atoms with E-state index in [0.29, 0.717) is 18.7 Å². The number of nitrogens with one attached hydrogen (secondary N) is 3. The Morgan fingerprint density at radius 3 is 3.00 bits per heavy atom. The highest BCUT2D eigenvalue weighted by atomic mass is 16.3. The smallest absolute Gasteiger partial charge is 0.319 e. The molecule has 0 saturated carbocycles. The van der Waals surface area contributed by atoms with Gasteiger partial charge in [-0.15, -0.1) is 0 Å². The molecular formula is C14H19N3O3. The zero-order valence-electron chi connectivity index (χ0n) is 11.3. The van der Waals surface area contributed by atoms with E-state index < -0.39 is 18.2 Å². The summed E-state index contributed by atoms with van der Waals surface area (Å²) in [5.74, 6) is -0.149. The second-order valence-electron chi connectivity index (χ2n) is 4.89. The van der Waals surface area contributed by atoms with Crippen molar-refractivity contribution in [2.75, 3.05) is 11.9 Å². The molecule has 1 saturated heterocycles. The van der Waals surface area contributed by atoms with Crippen LogP contribution in [0.5, 0.6) is 0 Å². The molecule has 4 N–H and O–H groups in total. The van der Waals surface area contributed by atoms with Crippen LogP contribution in [0.3, 0.4) is 0 Å². The van der Waals surface area contributed by atoms with Gasteiger partial charge < -0.3 is 21.1 Å². The number of piperidine rings is 1. The summed E-state index contributed by atoms with van der Waals surface area (Å²) in [6.07, 6.45) is 0.908. The van der Waals surface area contributed by atoms with Crippen molar-refractivity contribution in [1.29, 1.82) is 0 Å². The summed E-state index contributed by atoms with van der Waals surface area (Å²) in [7, 11) is 0. The lowest BCUT2D eigenvalue weighted by Crippen LogP contribution is -2.51. The van der Waals surface area contributed by atoms with Gasteiger partial charge in [0.25, 0.3) is 0 Å². The van der Waals surface area contributed by atoms with Crippen molar-refractivity contribution in [1.82, 2.24) is 10.6 Å². The lowest BCUT2D eigenvalue weighted by atomic mass is 10.1. The van der Waals surface area contributed by atoms with Gasteiger partial charge in [0.1, 0.15) is 6.04 Å². The van der Waals surface area contributed by atoms with E-state index in [1.807, 2.05) is 0 Å². The lowest BCUT2D eigenvalue weighted by Gasteiger charge is -2.22. The molecule has 0 radical (unpaired) electrons. The minimum Gasteiger partial charge on any atom is -0.389 e. The quantitative estimate of drug-likeness (QED) is 0.668. The number of amides is 3. The predicted molar refractivity (Wildman–Crippen MR) is 75.3 cm³/mol. The summed E-state index contributed by atoms with van der Waals surface area (Å²) in [4.78, 5) is 23.4. The van der Waals surface area contributed by atoms with Crippen molar-refractivity contribution < 1.29 is 14.7 Å². The number of aliphatic hydroxyl groups is 1. The minimum absolute atomic E-state index is 0.149. The standard InChI is InChI=1S/C14H19N3O3/c1-9(18)10-4-2-5-11(8-10)16-14(20)17-12-6-3-7-15-13(12)19/h2,4-5,8-9,12,18H,3,6-7H2,1H3,(H,15,19)(H2,16,17,20). The number of rotatable bonds is 3. The number of aliphatic hydroxyl groups excluding tert-OH is 1. The molecule has 20 heavy (non-hydrogen) atoms. The van der Waals surface area contributed by atoms with E-state index >= 15 is 0 Å². The van der Waals surface area contributed by atoms with E-state index in [2.05, 4.69) is 16.0 Å². The Balaban J connectivity index is 1.94. The summed E-state index contributed by atoms with van der Waals surface area (Å²) >= 11 is 0. The maximum atomic E-state index is 11.8. The number of hydrogen-bond acceptors (Lipinski definition) is 3. The number of urea groups is 1. The largest absolute Gasteiger partial charge is 0.389 e. The number of benzene rings is 1. The molecule has 0 spiro atoms. The fourth-order valence-electron chi connectivity index (χ4n) is 2.11. The highest BCUT2D eigenvalue weighted by molar-refractivity contribution is 5.93. The molecule has 0 bridgehead atoms. The lowest BCUT2D eigenvalue weighted by molar-refractivity contribution is -0.124. The molecule has 0 aromatic heterocycles. The Morgan fingerprint density at radius 2 is 2.30 bits per heavy atom. The SMILES string of the molecule is CC(O)c1cccc(NC(=O)NC2CCCNC2=O)c1. The topological polar surface area (TPSA) is 90.5 Å². The van der Waals surface area contributed by atoms with Gasteiger partial charge in [0.2, 0.25) is 5.91 Å². The molecule has 1 aromatic rings. The molecule has 2 rings (SSSR count). The maximum Gasteiger partial charge on any atom is 0.319 e. The molecule has 2 unspecified atom stereocenters. The normalized spacial score (nSPS) is 19.9. The van der Waals surface area contributed by atoms with Crippen LogP contribution < -0.4 is 16.0 Å². The van der Waals surface area contributed by atoms with E-state index in [4.69, 9.17) is 0 Å². The zero-order chi connectivity index (χ0) is 14.5. The van der Waals surface area contributed by atoms with Crippen LogP contribution in [-0.2, 0) is 4.79 Å². The number of hydrogen-bond donors (Lipinski definition) is 4. The third-order valence-electron chi connectivity index (χ3n) is 3.22. The van der Waals surface area contributed by atoms with Crippen molar-refractivity contribution in [2.45, 2.75) is 31.9 Å². The first-order valence-corrected chi connectivity index (χ1v) is 6.69. The van der Waals surface area contributed by atoms with Crippen LogP contribution in [0, 0.1) is 0 Å². The van der Waals surface area contributed by atoms with Gasteiger partial charge in [-0.3, -0.25) is 4.79 Å². The first kappa shape index (κ1) is 14.3. The fraction of sp³-hybridized carbons (Fsp3) is 0.429. The van der Waals surface area contributed by atoms with E-state index in [1.165, 1.54) is 0 Å². The molecule has 6 heteroatoms. The third kappa shape index (κ3) is 3.71. The fourth-order valence-corrected chi connectivity index (χ4v) is 2.11. The Labute approximate surface area is 117 Å². The molecule has 1 heterocycles. The molecule has 0 aliphatic carbocycles. The number of carbonyl (C=O) groups excluding carboxylic acids is 2. The molecule has 2 atom stereocenters. The van der Waals surface area contributed by atoms with Crippen molar-refractivity contribution in [3.63, 3.8) is 0 Å². The van der Waals surface area contributed by atoms with Gasteiger partial charge in [-0.05, 0) is 37.5 Å². The molecule has 6 nitrogen and oxygen atoms in total. The average molecular weight is 277 g/mol. The number of anilines is 1. The Hall–Kier alpha value is -2.08. The van der Waals surface area contributed by atoms with Crippen molar-refractivity contribution in [2.24, 2.45) is 0 Å². The monoisotopic (exact) mass is 277 g/mol. The van der Waals surface area contributed by atoms with Crippen LogP contribution in [0.15, 0.2) is 24.3 Å². The van der Waals surface area contributed by atoms with E-state index in [1.54, 1.807) is 31.2 Å². The van der Waals surface area contributed by atoms with Crippen LogP contribution >= 0.6 is 0 Å². The van der Waals surface area contributed by atoms with Crippen molar-refractivity contribution in [3.8, 4) is 0 Å². The average Bonchev–Trinajstić information content (AvgIpc) is 2.41. The predicted octanol–water partition coefficient (Wildman–Crippen LogP) is 1.14. The highest BCUT2D eigenvalue weighted by Gasteiger charge is 2.23. The molecule has 3 amide bonds. The summed E-state index contributed by atoms with van der Waals surface area (Å²) in [6.45, 7) is 2.32. The van der Waals surface area contributed by atoms with Gasteiger partial charge in [0, 0.05) is 12.2 Å². The number of carbonyl (C=O) groups is 2. The Morgan fingerprint density at radius 1 is 1.50 bits per heavy atom. The van der Waals surface area contributed by atoms with Crippen LogP contribution in [0.2, 0.25) is 0 Å². The summed E-state index contributed by atoms with van der Waals surface area (Å²) in [6, 6.07) is 6.06. The third-order valence-corrected chi connectivity index (χ3v) is 3.22. The Bertz CT molecular complexity index is 502. The first-order chi connectivity index (χ1) is 9.56. The van der Waals surface area contributed by atoms with Crippen molar-refractivity contribution >= 4 is 17.6 Å².